The molecule has 1 aliphatic rings. The summed E-state index contributed by atoms with van der Waals surface area (Å²) in [6, 6.07) is 12.9. The first-order chi connectivity index (χ1) is 14.3. The van der Waals surface area contributed by atoms with Gasteiger partial charge in [0.15, 0.2) is 0 Å². The lowest BCUT2D eigenvalue weighted by Crippen LogP contribution is -2.50. The van der Waals surface area contributed by atoms with Gasteiger partial charge in [0.2, 0.25) is 10.0 Å². The van der Waals surface area contributed by atoms with E-state index in [-0.39, 0.29) is 17.9 Å². The molecule has 3 rings (SSSR count). The molecule has 2 aromatic carbocycles. The average Bonchev–Trinajstić information content (AvgIpc) is 2.73. The van der Waals surface area contributed by atoms with Gasteiger partial charge in [-0.25, -0.2) is 8.42 Å². The van der Waals surface area contributed by atoms with Crippen LogP contribution in [0.4, 0.5) is 5.69 Å². The first-order valence-electron chi connectivity index (χ1n) is 9.71. The number of rotatable bonds is 7. The van der Waals surface area contributed by atoms with Crippen molar-refractivity contribution < 1.29 is 17.9 Å². The van der Waals surface area contributed by atoms with E-state index in [9.17, 15) is 13.2 Å². The largest absolute Gasteiger partial charge is 0.496 e. The Kier molecular flexibility index (Phi) is 7.23. The van der Waals surface area contributed by atoms with Gasteiger partial charge < -0.3 is 15.0 Å². The summed E-state index contributed by atoms with van der Waals surface area (Å²) in [6.07, 6.45) is 0. The lowest BCUT2D eigenvalue weighted by molar-refractivity contribution is 0.0953. The predicted molar refractivity (Wildman–Crippen MR) is 119 cm³/mol. The molecule has 0 aliphatic carbocycles. The van der Waals surface area contributed by atoms with Crippen LogP contribution >= 0.6 is 11.6 Å². The zero-order valence-electron chi connectivity index (χ0n) is 17.1. The van der Waals surface area contributed by atoms with Gasteiger partial charge in [-0.15, -0.1) is 0 Å². The van der Waals surface area contributed by atoms with Crippen molar-refractivity contribution in [3.63, 3.8) is 0 Å². The molecule has 0 atom stereocenters. The summed E-state index contributed by atoms with van der Waals surface area (Å²) in [5, 5.41) is 3.05. The molecule has 0 unspecified atom stereocenters. The molecule has 0 saturated carbocycles. The van der Waals surface area contributed by atoms with Crippen LogP contribution in [0.3, 0.4) is 0 Å². The predicted octanol–water partition coefficient (Wildman–Crippen LogP) is 2.54. The molecule has 1 amide bonds. The van der Waals surface area contributed by atoms with Crippen molar-refractivity contribution >= 4 is 33.2 Å². The van der Waals surface area contributed by atoms with Crippen molar-refractivity contribution in [1.82, 2.24) is 9.62 Å². The number of halogens is 1. The Labute approximate surface area is 182 Å². The standard InChI is InChI=1S/C21H26ClN3O4S/c1-16-4-3-5-18(14-16)24-9-11-25(12-10-24)30(27,28)13-8-23-21(26)19-15-17(22)6-7-20(19)29-2/h3-7,14-15H,8-13H2,1-2H3,(H,23,26). The maximum absolute atomic E-state index is 12.7. The van der Waals surface area contributed by atoms with E-state index < -0.39 is 15.9 Å². The lowest BCUT2D eigenvalue weighted by Gasteiger charge is -2.35. The maximum Gasteiger partial charge on any atom is 0.255 e. The number of hydrogen-bond donors (Lipinski definition) is 1. The van der Waals surface area contributed by atoms with Crippen LogP contribution in [0.15, 0.2) is 42.5 Å². The number of carbonyl (C=O) groups excluding carboxylic acids is 1. The molecule has 0 spiro atoms. The number of aryl methyl sites for hydroxylation is 1. The van der Waals surface area contributed by atoms with E-state index in [1.807, 2.05) is 25.1 Å². The van der Waals surface area contributed by atoms with Gasteiger partial charge >= 0.3 is 0 Å². The first-order valence-corrected chi connectivity index (χ1v) is 11.7. The third-order valence-electron chi connectivity index (χ3n) is 5.05. The number of ether oxygens (including phenoxy) is 1. The monoisotopic (exact) mass is 451 g/mol. The van der Waals surface area contributed by atoms with Crippen LogP contribution in [-0.4, -0.2) is 64.2 Å². The number of sulfonamides is 1. The summed E-state index contributed by atoms with van der Waals surface area (Å²) in [5.74, 6) is -0.202. The topological polar surface area (TPSA) is 78.9 Å². The first kappa shape index (κ1) is 22.4. The Bertz CT molecular complexity index is 1010. The zero-order chi connectivity index (χ0) is 21.7. The van der Waals surface area contributed by atoms with Crippen molar-refractivity contribution in [3.05, 3.63) is 58.6 Å². The van der Waals surface area contributed by atoms with Crippen LogP contribution < -0.4 is 15.0 Å². The van der Waals surface area contributed by atoms with Crippen molar-refractivity contribution in [2.45, 2.75) is 6.92 Å². The summed E-state index contributed by atoms with van der Waals surface area (Å²) in [4.78, 5) is 14.6. The molecule has 162 valence electrons. The average molecular weight is 452 g/mol. The van der Waals surface area contributed by atoms with Gasteiger partial charge in [0.25, 0.3) is 5.91 Å². The van der Waals surface area contributed by atoms with E-state index in [2.05, 4.69) is 16.3 Å². The Morgan fingerprint density at radius 1 is 1.13 bits per heavy atom. The van der Waals surface area contributed by atoms with Crippen LogP contribution in [-0.2, 0) is 10.0 Å². The molecule has 0 radical (unpaired) electrons. The fourth-order valence-electron chi connectivity index (χ4n) is 3.42. The highest BCUT2D eigenvalue weighted by atomic mass is 35.5. The number of nitrogens with zero attached hydrogens (tertiary/aromatic N) is 2. The van der Waals surface area contributed by atoms with Crippen molar-refractivity contribution in [3.8, 4) is 5.75 Å². The van der Waals surface area contributed by atoms with E-state index in [1.165, 1.54) is 23.0 Å². The van der Waals surface area contributed by atoms with Crippen LogP contribution in [0.2, 0.25) is 5.02 Å². The molecule has 9 heteroatoms. The zero-order valence-corrected chi connectivity index (χ0v) is 18.7. The second-order valence-electron chi connectivity index (χ2n) is 7.14. The highest BCUT2D eigenvalue weighted by molar-refractivity contribution is 7.89. The number of nitrogens with one attached hydrogen (secondary N) is 1. The van der Waals surface area contributed by atoms with E-state index in [0.29, 0.717) is 37.0 Å². The van der Waals surface area contributed by atoms with E-state index >= 15 is 0 Å². The second-order valence-corrected chi connectivity index (χ2v) is 9.67. The molecule has 0 bridgehead atoms. The van der Waals surface area contributed by atoms with E-state index in [4.69, 9.17) is 16.3 Å². The summed E-state index contributed by atoms with van der Waals surface area (Å²) in [6.45, 7) is 4.16. The minimum absolute atomic E-state index is 0.00886. The van der Waals surface area contributed by atoms with Crippen molar-refractivity contribution in [2.75, 3.05) is 50.5 Å². The van der Waals surface area contributed by atoms with Gasteiger partial charge in [0, 0.05) is 43.4 Å². The molecule has 1 N–H and O–H groups in total. The second kappa shape index (κ2) is 9.68. The van der Waals surface area contributed by atoms with Gasteiger partial charge in [-0.05, 0) is 42.8 Å². The van der Waals surface area contributed by atoms with Gasteiger partial charge in [-0.3, -0.25) is 4.79 Å². The fourth-order valence-corrected chi connectivity index (χ4v) is 4.93. The number of piperazine rings is 1. The number of methoxy groups -OCH3 is 1. The number of benzene rings is 2. The molecule has 30 heavy (non-hydrogen) atoms. The van der Waals surface area contributed by atoms with Crippen LogP contribution in [0.5, 0.6) is 5.75 Å². The quantitative estimate of drug-likeness (QED) is 0.699. The summed E-state index contributed by atoms with van der Waals surface area (Å²) >= 11 is 5.95. The van der Waals surface area contributed by atoms with Crippen LogP contribution in [0.1, 0.15) is 15.9 Å². The Morgan fingerprint density at radius 2 is 1.87 bits per heavy atom. The third-order valence-corrected chi connectivity index (χ3v) is 7.16. The van der Waals surface area contributed by atoms with E-state index in [0.717, 1.165) is 5.69 Å². The van der Waals surface area contributed by atoms with Gasteiger partial charge in [-0.2, -0.15) is 4.31 Å². The highest BCUT2D eigenvalue weighted by Gasteiger charge is 2.27. The molecule has 7 nitrogen and oxygen atoms in total. The van der Waals surface area contributed by atoms with Crippen molar-refractivity contribution in [2.24, 2.45) is 0 Å². The van der Waals surface area contributed by atoms with E-state index in [1.54, 1.807) is 12.1 Å². The lowest BCUT2D eigenvalue weighted by atomic mass is 10.2. The van der Waals surface area contributed by atoms with Gasteiger partial charge in [0.1, 0.15) is 5.75 Å². The molecular weight excluding hydrogens is 426 g/mol. The number of hydrogen-bond acceptors (Lipinski definition) is 5. The van der Waals surface area contributed by atoms with Gasteiger partial charge in [0.05, 0.1) is 18.4 Å². The summed E-state index contributed by atoms with van der Waals surface area (Å²) in [5.41, 5.74) is 2.55. The minimum Gasteiger partial charge on any atom is -0.496 e. The van der Waals surface area contributed by atoms with Crippen molar-refractivity contribution in [1.29, 1.82) is 0 Å². The van der Waals surface area contributed by atoms with Crippen LogP contribution in [0.25, 0.3) is 0 Å². The highest BCUT2D eigenvalue weighted by Crippen LogP contribution is 2.22. The molecule has 1 heterocycles. The van der Waals surface area contributed by atoms with Gasteiger partial charge in [-0.1, -0.05) is 23.7 Å². The molecule has 2 aromatic rings. The fraction of sp³-hybridized carbons (Fsp3) is 0.381. The third kappa shape index (κ3) is 5.44. The summed E-state index contributed by atoms with van der Waals surface area (Å²) < 4.78 is 32.0. The number of carbonyl (C=O) groups is 1. The Morgan fingerprint density at radius 3 is 2.53 bits per heavy atom. The SMILES string of the molecule is COc1ccc(Cl)cc1C(=O)NCCS(=O)(=O)N1CCN(c2cccc(C)c2)CC1. The molecular formula is C21H26ClN3O4S. The number of amides is 1. The molecule has 1 fully saturated rings. The normalized spacial score (nSPS) is 15.1. The number of anilines is 1. The summed E-state index contributed by atoms with van der Waals surface area (Å²) in [7, 11) is -2.00. The minimum atomic E-state index is -3.46. The Hall–Kier alpha value is -2.29. The molecule has 1 aliphatic heterocycles. The molecule has 1 saturated heterocycles. The Balaban J connectivity index is 1.52. The van der Waals surface area contributed by atoms with Crippen LogP contribution in [0, 0.1) is 6.92 Å². The maximum atomic E-state index is 12.7. The smallest absolute Gasteiger partial charge is 0.255 e. The molecule has 0 aromatic heterocycles.